The Morgan fingerprint density at radius 3 is 0.259 bits per heavy atom. The Bertz CT molecular complexity index is 223. The number of rotatable bonds is 0. The predicted molar refractivity (Wildman–Crippen MR) is 103 cm³/mol. The Balaban J connectivity index is -0.00000000978. The van der Waals surface area contributed by atoms with E-state index in [9.17, 15) is 0 Å². The Hall–Kier alpha value is 3.35. The van der Waals surface area contributed by atoms with E-state index in [-0.39, 0.29) is 207 Å². The van der Waals surface area contributed by atoms with Crippen molar-refractivity contribution in [2.75, 3.05) is 0 Å². The minimum absolute atomic E-state index is 0. The fourth-order valence-corrected chi connectivity index (χ4v) is 0. The summed E-state index contributed by atoms with van der Waals surface area (Å²) >= 11 is 0. The van der Waals surface area contributed by atoms with Crippen molar-refractivity contribution in [1.29, 1.82) is 0 Å². The van der Waals surface area contributed by atoms with Crippen molar-refractivity contribution >= 4 is 238 Å². The Labute approximate surface area is 306 Å². The third kappa shape index (κ3) is 1960. The molecule has 15 nitrogen and oxygen atoms in total. The van der Waals surface area contributed by atoms with Crippen molar-refractivity contribution in [2.24, 2.45) is 0 Å². The van der Waals surface area contributed by atoms with E-state index in [1.165, 1.54) is 0 Å². The van der Waals surface area contributed by atoms with Crippen molar-refractivity contribution < 1.29 is 75.0 Å². The molecular weight excluding hydrogens is 461 g/mol. The second-order valence-corrected chi connectivity index (χ2v) is 1.41. The van der Waals surface area contributed by atoms with Gasteiger partial charge in [0.1, 0.15) is 0 Å². The van der Waals surface area contributed by atoms with E-state index in [0.29, 0.717) is 0 Å². The van der Waals surface area contributed by atoms with Crippen LogP contribution in [0.2, 0.25) is 0 Å². The molecule has 0 bridgehead atoms. The van der Waals surface area contributed by atoms with E-state index in [2.05, 4.69) is 0 Å². The van der Waals surface area contributed by atoms with Gasteiger partial charge in [0.15, 0.2) is 0 Å². The van der Waals surface area contributed by atoms with Crippen LogP contribution in [0.1, 0.15) is 0 Å². The van der Waals surface area contributed by atoms with Crippen LogP contribution >= 0.6 is 0 Å². The maximum absolute atomic E-state index is 8.56. The monoisotopic (exact) mass is 478 g/mol. The van der Waals surface area contributed by atoms with Gasteiger partial charge in [-0.15, -0.1) is 0 Å². The molecule has 0 saturated heterocycles. The van der Waals surface area contributed by atoms with Crippen LogP contribution < -0.4 is 0 Å². The van der Waals surface area contributed by atoms with Gasteiger partial charge < -0.3 is 51.1 Å². The summed E-state index contributed by atoms with van der Waals surface area (Å²) in [5.41, 5.74) is 0. The standard InChI is InChI=1S/5CH2O3.7Na.7H/c5*2-1(3)4;;;;;;;;;;;;;;/h5*(H2,2,3,4);;;;;;;;;;;;;;. The second-order valence-electron chi connectivity index (χ2n) is 1.41. The third-order valence-electron chi connectivity index (χ3n) is 0. The van der Waals surface area contributed by atoms with Gasteiger partial charge >= 0.3 is 238 Å². The number of hydrogen-bond donors (Lipinski definition) is 10. The number of carbonyl (C=O) groups is 5. The van der Waals surface area contributed by atoms with Crippen LogP contribution in [0, 0.1) is 0 Å². The summed E-state index contributed by atoms with van der Waals surface area (Å²) in [6, 6.07) is 0. The fraction of sp³-hybridized carbons (Fsp3) is 0. The summed E-state index contributed by atoms with van der Waals surface area (Å²) in [6.07, 6.45) is -9.17. The third-order valence-corrected chi connectivity index (χ3v) is 0. The van der Waals surface area contributed by atoms with Gasteiger partial charge in [0.25, 0.3) is 0 Å². The van der Waals surface area contributed by atoms with E-state index >= 15 is 0 Å². The molecule has 0 amide bonds. The van der Waals surface area contributed by atoms with Gasteiger partial charge in [-0.05, 0) is 0 Å². The summed E-state index contributed by atoms with van der Waals surface area (Å²) in [7, 11) is 0. The van der Waals surface area contributed by atoms with Gasteiger partial charge in [-0.25, -0.2) is 24.0 Å². The molecule has 0 spiro atoms. The topological polar surface area (TPSA) is 288 Å². The molecule has 0 aromatic heterocycles. The van der Waals surface area contributed by atoms with Crippen molar-refractivity contribution in [3.8, 4) is 0 Å². The zero-order chi connectivity index (χ0) is 17.9. The molecule has 134 valence electrons. The van der Waals surface area contributed by atoms with E-state index in [1.54, 1.807) is 0 Å². The normalized spacial score (nSPS) is 4.44. The molecule has 0 aromatic rings. The first-order valence-corrected chi connectivity index (χ1v) is 3.26. The van der Waals surface area contributed by atoms with Crippen LogP contribution in [0.5, 0.6) is 0 Å². The Morgan fingerprint density at radius 2 is 0.259 bits per heavy atom. The molecule has 22 heteroatoms. The maximum atomic E-state index is 8.56. The van der Waals surface area contributed by atoms with Crippen LogP contribution in [-0.2, 0) is 0 Å². The zero-order valence-electron chi connectivity index (χ0n) is 9.01. The van der Waals surface area contributed by atoms with Crippen molar-refractivity contribution in [1.82, 2.24) is 0 Å². The van der Waals surface area contributed by atoms with Crippen LogP contribution in [0.15, 0.2) is 0 Å². The molecule has 0 rings (SSSR count). The summed E-state index contributed by atoms with van der Waals surface area (Å²) in [5, 5.41) is 69.7. The second kappa shape index (κ2) is 70.1. The molecule has 0 atom stereocenters. The van der Waals surface area contributed by atoms with E-state index in [0.717, 1.165) is 0 Å². The van der Waals surface area contributed by atoms with Crippen molar-refractivity contribution in [2.45, 2.75) is 0 Å². The Kier molecular flexibility index (Phi) is 201. The van der Waals surface area contributed by atoms with Gasteiger partial charge in [-0.3, -0.25) is 0 Å². The summed E-state index contributed by atoms with van der Waals surface area (Å²) < 4.78 is 0. The molecule has 0 aliphatic rings. The van der Waals surface area contributed by atoms with Crippen LogP contribution in [-0.4, -0.2) is 289 Å². The van der Waals surface area contributed by atoms with Gasteiger partial charge in [-0.2, -0.15) is 0 Å². The molecule has 0 unspecified atom stereocenters. The SMILES string of the molecule is O=C(O)O.O=C(O)O.O=C(O)O.O=C(O)O.O=C(O)O.[NaH].[NaH].[NaH].[NaH].[NaH].[NaH].[NaH]. The molecule has 0 aliphatic heterocycles. The van der Waals surface area contributed by atoms with Gasteiger partial charge in [0.2, 0.25) is 0 Å². The molecule has 0 aliphatic carbocycles. The van der Waals surface area contributed by atoms with Crippen LogP contribution in [0.25, 0.3) is 0 Å². The minimum atomic E-state index is -1.83. The fourth-order valence-electron chi connectivity index (χ4n) is 0. The van der Waals surface area contributed by atoms with Crippen molar-refractivity contribution in [3.05, 3.63) is 0 Å². The molecular formula is C5H17Na7O15. The molecule has 0 fully saturated rings. The van der Waals surface area contributed by atoms with E-state index in [4.69, 9.17) is 75.0 Å². The summed E-state index contributed by atoms with van der Waals surface area (Å²) in [6.45, 7) is 0. The van der Waals surface area contributed by atoms with Crippen molar-refractivity contribution in [3.63, 3.8) is 0 Å². The first kappa shape index (κ1) is 77.6. The molecule has 0 heterocycles. The number of hydrogen-bond acceptors (Lipinski definition) is 5. The first-order valence-electron chi connectivity index (χ1n) is 3.26. The average molecular weight is 478 g/mol. The molecule has 10 N–H and O–H groups in total. The van der Waals surface area contributed by atoms with E-state index < -0.39 is 30.8 Å². The summed E-state index contributed by atoms with van der Waals surface area (Å²) in [5.74, 6) is 0. The summed E-state index contributed by atoms with van der Waals surface area (Å²) in [4.78, 5) is 42.8. The molecule has 27 heavy (non-hydrogen) atoms. The molecule has 0 aromatic carbocycles. The van der Waals surface area contributed by atoms with Crippen LogP contribution in [0.3, 0.4) is 0 Å². The van der Waals surface area contributed by atoms with Gasteiger partial charge in [0.05, 0.1) is 0 Å². The first-order chi connectivity index (χ1) is 8.66. The quantitative estimate of drug-likeness (QED) is 0.152. The molecule has 0 radical (unpaired) electrons. The number of carboxylic acid groups (broad SMARTS) is 10. The molecule has 0 saturated carbocycles. The predicted octanol–water partition coefficient (Wildman–Crippen LogP) is -3.43. The average Bonchev–Trinajstić information content (AvgIpc) is 1.94. The van der Waals surface area contributed by atoms with Gasteiger partial charge in [0, 0.05) is 0 Å². The van der Waals surface area contributed by atoms with E-state index in [1.807, 2.05) is 0 Å². The Morgan fingerprint density at radius 1 is 0.259 bits per heavy atom. The van der Waals surface area contributed by atoms with Crippen LogP contribution in [0.4, 0.5) is 24.0 Å². The zero-order valence-corrected chi connectivity index (χ0v) is 9.01. The van der Waals surface area contributed by atoms with Gasteiger partial charge in [-0.1, -0.05) is 0 Å².